The van der Waals surface area contributed by atoms with Crippen molar-refractivity contribution in [2.24, 2.45) is 11.8 Å². The van der Waals surface area contributed by atoms with E-state index >= 15 is 0 Å². The summed E-state index contributed by atoms with van der Waals surface area (Å²) in [7, 11) is 0. The van der Waals surface area contributed by atoms with Crippen molar-refractivity contribution < 1.29 is 19.5 Å². The molecule has 6 nitrogen and oxygen atoms in total. The van der Waals surface area contributed by atoms with E-state index in [0.29, 0.717) is 25.9 Å². The number of carboxylic acid groups (broad SMARTS) is 1. The minimum Gasteiger partial charge on any atom is -0.480 e. The van der Waals surface area contributed by atoms with E-state index < -0.39 is 5.97 Å². The third-order valence-corrected chi connectivity index (χ3v) is 4.36. The lowest BCUT2D eigenvalue weighted by molar-refractivity contribution is -0.149. The Bertz CT molecular complexity index is 414. The summed E-state index contributed by atoms with van der Waals surface area (Å²) in [5.74, 6) is -1.16. The maximum absolute atomic E-state index is 12.6. The molecule has 2 amide bonds. The van der Waals surface area contributed by atoms with Crippen molar-refractivity contribution in [3.63, 3.8) is 0 Å². The maximum atomic E-state index is 12.6. The fraction of sp³-hybridized carbons (Fsp3) is 0.812. The van der Waals surface area contributed by atoms with Crippen molar-refractivity contribution in [2.75, 3.05) is 19.6 Å². The predicted octanol–water partition coefficient (Wildman–Crippen LogP) is 1.59. The summed E-state index contributed by atoms with van der Waals surface area (Å²) in [6.45, 7) is 8.46. The second-order valence-electron chi connectivity index (χ2n) is 6.37. The van der Waals surface area contributed by atoms with Crippen LogP contribution in [0.5, 0.6) is 0 Å². The molecule has 0 spiro atoms. The molecule has 1 saturated heterocycles. The maximum Gasteiger partial charge on any atom is 0.323 e. The van der Waals surface area contributed by atoms with E-state index in [4.69, 9.17) is 5.11 Å². The number of carbonyl (C=O) groups is 3. The third-order valence-electron chi connectivity index (χ3n) is 4.36. The number of amides is 2. The van der Waals surface area contributed by atoms with Gasteiger partial charge in [0, 0.05) is 31.0 Å². The van der Waals surface area contributed by atoms with Crippen LogP contribution in [0.15, 0.2) is 0 Å². The molecule has 0 aliphatic carbocycles. The number of carboxylic acids is 1. The molecule has 126 valence electrons. The van der Waals surface area contributed by atoms with E-state index in [-0.39, 0.29) is 36.2 Å². The van der Waals surface area contributed by atoms with Crippen LogP contribution >= 0.6 is 0 Å². The Hall–Kier alpha value is -1.59. The fourth-order valence-electron chi connectivity index (χ4n) is 2.76. The molecule has 1 fully saturated rings. The Morgan fingerprint density at radius 1 is 1.18 bits per heavy atom. The molecular weight excluding hydrogens is 284 g/mol. The molecule has 0 aromatic carbocycles. The van der Waals surface area contributed by atoms with Crippen LogP contribution in [0.3, 0.4) is 0 Å². The van der Waals surface area contributed by atoms with E-state index in [1.54, 1.807) is 4.90 Å². The zero-order chi connectivity index (χ0) is 16.9. The quantitative estimate of drug-likeness (QED) is 0.808. The predicted molar refractivity (Wildman–Crippen MR) is 83.2 cm³/mol. The van der Waals surface area contributed by atoms with Gasteiger partial charge in [0.2, 0.25) is 11.8 Å². The van der Waals surface area contributed by atoms with Gasteiger partial charge in [-0.15, -0.1) is 0 Å². The molecule has 1 N–H and O–H groups in total. The van der Waals surface area contributed by atoms with Crippen molar-refractivity contribution in [1.82, 2.24) is 9.80 Å². The van der Waals surface area contributed by atoms with Crippen LogP contribution in [0.1, 0.15) is 47.0 Å². The van der Waals surface area contributed by atoms with Gasteiger partial charge in [-0.25, -0.2) is 0 Å². The van der Waals surface area contributed by atoms with E-state index in [9.17, 15) is 14.4 Å². The minimum absolute atomic E-state index is 0.0316. The van der Waals surface area contributed by atoms with Crippen molar-refractivity contribution in [2.45, 2.75) is 53.0 Å². The summed E-state index contributed by atoms with van der Waals surface area (Å²) in [6.07, 6.45) is 1.96. The summed E-state index contributed by atoms with van der Waals surface area (Å²) in [5.41, 5.74) is 0. The van der Waals surface area contributed by atoms with Crippen LogP contribution in [-0.4, -0.2) is 58.4 Å². The van der Waals surface area contributed by atoms with Crippen LogP contribution in [0.25, 0.3) is 0 Å². The molecule has 1 unspecified atom stereocenters. The van der Waals surface area contributed by atoms with Crippen LogP contribution in [0, 0.1) is 11.8 Å². The van der Waals surface area contributed by atoms with Crippen LogP contribution in [-0.2, 0) is 14.4 Å². The monoisotopic (exact) mass is 312 g/mol. The molecule has 1 rings (SSSR count). The largest absolute Gasteiger partial charge is 0.480 e. The highest BCUT2D eigenvalue weighted by atomic mass is 16.4. The van der Waals surface area contributed by atoms with Gasteiger partial charge in [0.25, 0.3) is 0 Å². The zero-order valence-corrected chi connectivity index (χ0v) is 14.0. The number of piperidine rings is 1. The second kappa shape index (κ2) is 8.15. The summed E-state index contributed by atoms with van der Waals surface area (Å²) >= 11 is 0. The standard InChI is InChI=1S/C16H28N2O4/c1-5-12(4)18(10-14(19)20)16(22)13-6-8-17(9-7-13)15(21)11(2)3/h11-13H,5-10H2,1-4H3,(H,19,20). The van der Waals surface area contributed by atoms with E-state index in [0.717, 1.165) is 6.42 Å². The van der Waals surface area contributed by atoms with Crippen molar-refractivity contribution in [3.05, 3.63) is 0 Å². The lowest BCUT2D eigenvalue weighted by Crippen LogP contribution is -2.49. The molecule has 1 aliphatic heterocycles. The summed E-state index contributed by atoms with van der Waals surface area (Å²) < 4.78 is 0. The van der Waals surface area contributed by atoms with Crippen LogP contribution in [0.4, 0.5) is 0 Å². The molecule has 0 radical (unpaired) electrons. The van der Waals surface area contributed by atoms with Crippen molar-refractivity contribution in [1.29, 1.82) is 0 Å². The minimum atomic E-state index is -0.985. The Morgan fingerprint density at radius 3 is 2.14 bits per heavy atom. The molecule has 22 heavy (non-hydrogen) atoms. The SMILES string of the molecule is CCC(C)N(CC(=O)O)C(=O)C1CCN(C(=O)C(C)C)CC1. The number of nitrogens with zero attached hydrogens (tertiary/aromatic N) is 2. The average molecular weight is 312 g/mol. The molecule has 0 aromatic rings. The molecule has 0 aromatic heterocycles. The number of likely N-dealkylation sites (tertiary alicyclic amines) is 1. The number of aliphatic carboxylic acids is 1. The second-order valence-corrected chi connectivity index (χ2v) is 6.37. The lowest BCUT2D eigenvalue weighted by atomic mass is 9.93. The molecule has 0 saturated carbocycles. The van der Waals surface area contributed by atoms with Gasteiger partial charge in [-0.05, 0) is 26.2 Å². The van der Waals surface area contributed by atoms with Gasteiger partial charge < -0.3 is 14.9 Å². The lowest BCUT2D eigenvalue weighted by Gasteiger charge is -2.36. The van der Waals surface area contributed by atoms with E-state index in [1.807, 2.05) is 27.7 Å². The molecule has 1 aliphatic rings. The molecule has 6 heteroatoms. The molecule has 1 atom stereocenters. The first-order chi connectivity index (χ1) is 10.3. The topological polar surface area (TPSA) is 77.9 Å². The van der Waals surface area contributed by atoms with Gasteiger partial charge in [-0.2, -0.15) is 0 Å². The van der Waals surface area contributed by atoms with Gasteiger partial charge in [-0.3, -0.25) is 14.4 Å². The summed E-state index contributed by atoms with van der Waals surface area (Å²) in [5, 5.41) is 9.00. The van der Waals surface area contributed by atoms with Gasteiger partial charge in [0.05, 0.1) is 0 Å². The van der Waals surface area contributed by atoms with Crippen LogP contribution in [0.2, 0.25) is 0 Å². The average Bonchev–Trinajstić information content (AvgIpc) is 2.50. The first kappa shape index (κ1) is 18.5. The highest BCUT2D eigenvalue weighted by molar-refractivity contribution is 5.84. The summed E-state index contributed by atoms with van der Waals surface area (Å²) in [4.78, 5) is 38.8. The normalized spacial score (nSPS) is 17.4. The molecule has 0 bridgehead atoms. The Balaban J connectivity index is 2.66. The first-order valence-corrected chi connectivity index (χ1v) is 8.08. The number of rotatable bonds is 6. The van der Waals surface area contributed by atoms with Gasteiger partial charge in [0.15, 0.2) is 0 Å². The zero-order valence-electron chi connectivity index (χ0n) is 14.0. The fourth-order valence-corrected chi connectivity index (χ4v) is 2.76. The van der Waals surface area contributed by atoms with Gasteiger partial charge in [-0.1, -0.05) is 20.8 Å². The third kappa shape index (κ3) is 4.71. The van der Waals surface area contributed by atoms with Crippen LogP contribution < -0.4 is 0 Å². The first-order valence-electron chi connectivity index (χ1n) is 8.08. The highest BCUT2D eigenvalue weighted by Crippen LogP contribution is 2.22. The number of hydrogen-bond acceptors (Lipinski definition) is 3. The smallest absolute Gasteiger partial charge is 0.323 e. The van der Waals surface area contributed by atoms with Crippen molar-refractivity contribution in [3.8, 4) is 0 Å². The van der Waals surface area contributed by atoms with Gasteiger partial charge >= 0.3 is 5.97 Å². The molecular formula is C16H28N2O4. The molecule has 1 heterocycles. The highest BCUT2D eigenvalue weighted by Gasteiger charge is 2.32. The van der Waals surface area contributed by atoms with E-state index in [2.05, 4.69) is 0 Å². The number of carbonyl (C=O) groups excluding carboxylic acids is 2. The Labute approximate surface area is 132 Å². The number of hydrogen-bond donors (Lipinski definition) is 1. The van der Waals surface area contributed by atoms with E-state index in [1.165, 1.54) is 4.90 Å². The Kier molecular flexibility index (Phi) is 6.84. The van der Waals surface area contributed by atoms with Crippen molar-refractivity contribution >= 4 is 17.8 Å². The summed E-state index contributed by atoms with van der Waals surface area (Å²) in [6, 6.07) is -0.0843. The Morgan fingerprint density at radius 2 is 1.73 bits per heavy atom. The van der Waals surface area contributed by atoms with Gasteiger partial charge in [0.1, 0.15) is 6.54 Å².